The summed E-state index contributed by atoms with van der Waals surface area (Å²) < 4.78 is 5.18. The first-order valence-corrected chi connectivity index (χ1v) is 10.3. The number of rotatable bonds is 4. The van der Waals surface area contributed by atoms with Gasteiger partial charge in [0.1, 0.15) is 0 Å². The van der Waals surface area contributed by atoms with Crippen LogP contribution in [0.25, 0.3) is 0 Å². The van der Waals surface area contributed by atoms with E-state index in [-0.39, 0.29) is 22.8 Å². The maximum Gasteiger partial charge on any atom is 0.230 e. The van der Waals surface area contributed by atoms with Crippen molar-refractivity contribution in [2.45, 2.75) is 25.3 Å². The van der Waals surface area contributed by atoms with Gasteiger partial charge in [-0.2, -0.15) is 0 Å². The first-order chi connectivity index (χ1) is 13.5. The SMILES string of the molecule is Cc1c(Cl)cccc1C1(Nc2ccccc2)CC2(CN(C(=O)C3COC3)C2)C1. The first kappa shape index (κ1) is 18.0. The van der Waals surface area contributed by atoms with Crippen molar-refractivity contribution in [3.05, 3.63) is 64.7 Å². The molecule has 0 bridgehead atoms. The molecular formula is C23H25ClN2O2. The molecule has 1 N–H and O–H groups in total. The lowest BCUT2D eigenvalue weighted by Crippen LogP contribution is -2.70. The van der Waals surface area contributed by atoms with E-state index in [1.54, 1.807) is 0 Å². The number of benzene rings is 2. The van der Waals surface area contributed by atoms with E-state index >= 15 is 0 Å². The molecule has 28 heavy (non-hydrogen) atoms. The Balaban J connectivity index is 1.37. The van der Waals surface area contributed by atoms with Crippen molar-refractivity contribution in [1.82, 2.24) is 4.90 Å². The van der Waals surface area contributed by atoms with Gasteiger partial charge in [0.05, 0.1) is 24.7 Å². The molecule has 0 radical (unpaired) electrons. The molecule has 4 nitrogen and oxygen atoms in total. The molecule has 1 spiro atoms. The van der Waals surface area contributed by atoms with E-state index in [4.69, 9.17) is 16.3 Å². The summed E-state index contributed by atoms with van der Waals surface area (Å²) in [6.07, 6.45) is 2.03. The van der Waals surface area contributed by atoms with E-state index in [1.165, 1.54) is 5.56 Å². The summed E-state index contributed by atoms with van der Waals surface area (Å²) in [4.78, 5) is 14.5. The van der Waals surface area contributed by atoms with E-state index in [2.05, 4.69) is 42.6 Å². The van der Waals surface area contributed by atoms with Gasteiger partial charge in [0, 0.05) is 29.2 Å². The lowest BCUT2D eigenvalue weighted by Gasteiger charge is -2.65. The first-order valence-electron chi connectivity index (χ1n) is 9.96. The summed E-state index contributed by atoms with van der Waals surface area (Å²) in [5, 5.41) is 4.62. The number of hydrogen-bond donors (Lipinski definition) is 1. The average molecular weight is 397 g/mol. The van der Waals surface area contributed by atoms with E-state index in [1.807, 2.05) is 23.1 Å². The van der Waals surface area contributed by atoms with Gasteiger partial charge in [-0.1, -0.05) is 41.9 Å². The quantitative estimate of drug-likeness (QED) is 0.841. The molecule has 3 fully saturated rings. The van der Waals surface area contributed by atoms with Crippen LogP contribution in [0, 0.1) is 18.3 Å². The summed E-state index contributed by atoms with van der Waals surface area (Å²) in [5.74, 6) is 0.351. The summed E-state index contributed by atoms with van der Waals surface area (Å²) in [7, 11) is 0. The highest BCUT2D eigenvalue weighted by Crippen LogP contribution is 2.60. The fourth-order valence-electron chi connectivity index (χ4n) is 5.28. The Hall–Kier alpha value is -2.04. The van der Waals surface area contributed by atoms with Crippen molar-refractivity contribution in [3.8, 4) is 0 Å². The predicted molar refractivity (Wildman–Crippen MR) is 110 cm³/mol. The number of anilines is 1. The molecule has 2 aromatic rings. The normalized spacial score (nSPS) is 22.1. The molecule has 146 valence electrons. The van der Waals surface area contributed by atoms with E-state index in [0.29, 0.717) is 13.2 Å². The summed E-state index contributed by atoms with van der Waals surface area (Å²) in [5.41, 5.74) is 3.62. The number of carbonyl (C=O) groups is 1. The molecule has 0 aromatic heterocycles. The molecule has 2 aromatic carbocycles. The molecule has 1 amide bonds. The highest BCUT2D eigenvalue weighted by molar-refractivity contribution is 6.31. The second kappa shape index (κ2) is 6.50. The number of amides is 1. The van der Waals surface area contributed by atoms with Gasteiger partial charge >= 0.3 is 0 Å². The van der Waals surface area contributed by atoms with Crippen LogP contribution in [0.2, 0.25) is 5.02 Å². The molecule has 2 aliphatic heterocycles. The highest BCUT2D eigenvalue weighted by atomic mass is 35.5. The monoisotopic (exact) mass is 396 g/mol. The van der Waals surface area contributed by atoms with Gasteiger partial charge in [-0.15, -0.1) is 0 Å². The van der Waals surface area contributed by atoms with Crippen LogP contribution in [0.1, 0.15) is 24.0 Å². The van der Waals surface area contributed by atoms with Crippen molar-refractivity contribution in [2.24, 2.45) is 11.3 Å². The topological polar surface area (TPSA) is 41.6 Å². The van der Waals surface area contributed by atoms with Crippen LogP contribution < -0.4 is 5.32 Å². The Morgan fingerprint density at radius 3 is 2.46 bits per heavy atom. The number of nitrogens with one attached hydrogen (secondary N) is 1. The zero-order valence-electron chi connectivity index (χ0n) is 16.1. The Morgan fingerprint density at radius 1 is 1.11 bits per heavy atom. The Morgan fingerprint density at radius 2 is 1.82 bits per heavy atom. The van der Waals surface area contributed by atoms with Crippen LogP contribution in [-0.4, -0.2) is 37.1 Å². The molecule has 1 saturated carbocycles. The van der Waals surface area contributed by atoms with Crippen molar-refractivity contribution in [2.75, 3.05) is 31.6 Å². The van der Waals surface area contributed by atoms with Crippen LogP contribution in [-0.2, 0) is 15.1 Å². The molecule has 1 aliphatic carbocycles. The predicted octanol–water partition coefficient (Wildman–Crippen LogP) is 4.22. The van der Waals surface area contributed by atoms with Crippen molar-refractivity contribution < 1.29 is 9.53 Å². The standard InChI is InChI=1S/C23H25ClN2O2/c1-16-19(8-5-9-20(16)24)23(25-18-6-3-2-4-7-18)12-22(13-23)14-26(15-22)21(27)17-10-28-11-17/h2-9,17,25H,10-15H2,1H3. The molecule has 0 unspecified atom stereocenters. The summed E-state index contributed by atoms with van der Waals surface area (Å²) >= 11 is 6.45. The Bertz CT molecular complexity index is 896. The summed E-state index contributed by atoms with van der Waals surface area (Å²) in [6.45, 7) is 5.00. The van der Waals surface area contributed by atoms with Crippen molar-refractivity contribution in [3.63, 3.8) is 0 Å². The summed E-state index contributed by atoms with van der Waals surface area (Å²) in [6, 6.07) is 16.5. The van der Waals surface area contributed by atoms with Gasteiger partial charge < -0.3 is 15.0 Å². The minimum atomic E-state index is -0.134. The van der Waals surface area contributed by atoms with E-state index in [0.717, 1.165) is 42.2 Å². The molecule has 0 atom stereocenters. The average Bonchev–Trinajstić information content (AvgIpc) is 2.57. The number of ether oxygens (including phenoxy) is 1. The minimum Gasteiger partial charge on any atom is -0.380 e. The van der Waals surface area contributed by atoms with Gasteiger partial charge in [-0.3, -0.25) is 4.79 Å². The smallest absolute Gasteiger partial charge is 0.230 e. The largest absolute Gasteiger partial charge is 0.380 e. The van der Waals surface area contributed by atoms with Crippen LogP contribution in [0.15, 0.2) is 48.5 Å². The number of para-hydroxylation sites is 1. The van der Waals surface area contributed by atoms with Crippen molar-refractivity contribution >= 4 is 23.2 Å². The zero-order chi connectivity index (χ0) is 19.4. The molecule has 2 saturated heterocycles. The molecule has 2 heterocycles. The van der Waals surface area contributed by atoms with Crippen LogP contribution in [0.3, 0.4) is 0 Å². The third-order valence-electron chi connectivity index (χ3n) is 6.65. The number of likely N-dealkylation sites (tertiary alicyclic amines) is 1. The van der Waals surface area contributed by atoms with E-state index in [9.17, 15) is 4.79 Å². The molecule has 5 heteroatoms. The van der Waals surface area contributed by atoms with Gasteiger partial charge in [0.25, 0.3) is 0 Å². The molecule has 5 rings (SSSR count). The molecule has 3 aliphatic rings. The third-order valence-corrected chi connectivity index (χ3v) is 7.06. The van der Waals surface area contributed by atoms with Crippen LogP contribution >= 0.6 is 11.6 Å². The maximum atomic E-state index is 12.5. The van der Waals surface area contributed by atoms with Gasteiger partial charge in [-0.05, 0) is 49.1 Å². The zero-order valence-corrected chi connectivity index (χ0v) is 16.8. The lowest BCUT2D eigenvalue weighted by molar-refractivity contribution is -0.173. The fourth-order valence-corrected chi connectivity index (χ4v) is 5.45. The Labute approximate surface area is 170 Å². The number of carbonyl (C=O) groups excluding carboxylic acids is 1. The second-order valence-corrected chi connectivity index (χ2v) is 9.17. The third kappa shape index (κ3) is 2.82. The lowest BCUT2D eigenvalue weighted by atomic mass is 9.51. The van der Waals surface area contributed by atoms with Crippen LogP contribution in [0.5, 0.6) is 0 Å². The second-order valence-electron chi connectivity index (χ2n) is 8.77. The van der Waals surface area contributed by atoms with Gasteiger partial charge in [0.2, 0.25) is 5.91 Å². The maximum absolute atomic E-state index is 12.5. The fraction of sp³-hybridized carbons (Fsp3) is 0.435. The number of halogens is 1. The van der Waals surface area contributed by atoms with Crippen molar-refractivity contribution in [1.29, 1.82) is 0 Å². The Kier molecular flexibility index (Phi) is 4.18. The van der Waals surface area contributed by atoms with Crippen LogP contribution in [0.4, 0.5) is 5.69 Å². The molecular weight excluding hydrogens is 372 g/mol. The van der Waals surface area contributed by atoms with Gasteiger partial charge in [0.15, 0.2) is 0 Å². The highest BCUT2D eigenvalue weighted by Gasteiger charge is 2.62. The number of hydrogen-bond acceptors (Lipinski definition) is 3. The minimum absolute atomic E-state index is 0.0831. The van der Waals surface area contributed by atoms with E-state index < -0.39 is 0 Å². The number of nitrogens with zero attached hydrogens (tertiary/aromatic N) is 1. The van der Waals surface area contributed by atoms with Gasteiger partial charge in [-0.25, -0.2) is 0 Å².